The summed E-state index contributed by atoms with van der Waals surface area (Å²) >= 11 is 0. The predicted octanol–water partition coefficient (Wildman–Crippen LogP) is 5.03. The van der Waals surface area contributed by atoms with E-state index in [4.69, 9.17) is 4.74 Å². The molecular formula is C23H17F5N6O. The van der Waals surface area contributed by atoms with Crippen molar-refractivity contribution in [2.75, 3.05) is 19.0 Å². The van der Waals surface area contributed by atoms with Crippen LogP contribution in [0.1, 0.15) is 23.9 Å². The van der Waals surface area contributed by atoms with Crippen LogP contribution in [0.2, 0.25) is 0 Å². The van der Waals surface area contributed by atoms with Crippen molar-refractivity contribution in [1.82, 2.24) is 24.7 Å². The molecule has 0 atom stereocenters. The molecule has 0 bridgehead atoms. The minimum Gasteiger partial charge on any atom is -0.467 e. The highest BCUT2D eigenvalue weighted by molar-refractivity contribution is 5.92. The van der Waals surface area contributed by atoms with Gasteiger partial charge in [-0.15, -0.1) is 0 Å². The maximum absolute atomic E-state index is 15.2. The maximum atomic E-state index is 15.2. The fourth-order valence-corrected chi connectivity index (χ4v) is 4.17. The second-order valence-corrected chi connectivity index (χ2v) is 7.72. The van der Waals surface area contributed by atoms with E-state index in [-0.39, 0.29) is 34.8 Å². The Bertz CT molecular complexity index is 1430. The number of fused-ring (bicyclic) bond motifs is 3. The standard InChI is InChI=1S/C23H17F5N6O/c1-3-29-15-7-14(24)20(25)18-12(15)6-16-19(18)21(34-5-4-17(33-34)23(26,27)28)13(10-30-16)11-8-31-22(35-2)32-9-11/h4-5,7-10,29H,3,6H2,1-2H3. The van der Waals surface area contributed by atoms with Gasteiger partial charge >= 0.3 is 12.2 Å². The molecule has 12 heteroatoms. The molecule has 0 unspecified atom stereocenters. The predicted molar refractivity (Wildman–Crippen MR) is 116 cm³/mol. The Morgan fingerprint density at radius 2 is 1.83 bits per heavy atom. The lowest BCUT2D eigenvalue weighted by atomic mass is 9.99. The summed E-state index contributed by atoms with van der Waals surface area (Å²) < 4.78 is 75.9. The second kappa shape index (κ2) is 8.29. The number of halogens is 5. The molecule has 7 nitrogen and oxygen atoms in total. The highest BCUT2D eigenvalue weighted by atomic mass is 19.4. The molecule has 0 saturated heterocycles. The van der Waals surface area contributed by atoms with E-state index in [0.29, 0.717) is 29.1 Å². The average molecular weight is 488 g/mol. The van der Waals surface area contributed by atoms with E-state index in [9.17, 15) is 17.6 Å². The summed E-state index contributed by atoms with van der Waals surface area (Å²) in [6.07, 6.45) is 0.805. The van der Waals surface area contributed by atoms with Crippen LogP contribution in [0.3, 0.4) is 0 Å². The van der Waals surface area contributed by atoms with Gasteiger partial charge < -0.3 is 10.1 Å². The van der Waals surface area contributed by atoms with E-state index in [2.05, 4.69) is 25.4 Å². The van der Waals surface area contributed by atoms with Crippen molar-refractivity contribution in [3.8, 4) is 34.0 Å². The Hall–Kier alpha value is -4.09. The first-order valence-electron chi connectivity index (χ1n) is 10.5. The minimum atomic E-state index is -4.70. The molecular weight excluding hydrogens is 471 g/mol. The summed E-state index contributed by atoms with van der Waals surface area (Å²) in [4.78, 5) is 12.5. The number of alkyl halides is 3. The fourth-order valence-electron chi connectivity index (χ4n) is 4.17. The van der Waals surface area contributed by atoms with Gasteiger partial charge in [0.1, 0.15) is 0 Å². The Morgan fingerprint density at radius 1 is 1.09 bits per heavy atom. The minimum absolute atomic E-state index is 0.0706. The molecule has 0 amide bonds. The van der Waals surface area contributed by atoms with E-state index in [0.717, 1.165) is 23.0 Å². The van der Waals surface area contributed by atoms with Crippen LogP contribution in [0, 0.1) is 11.6 Å². The summed E-state index contributed by atoms with van der Waals surface area (Å²) in [5.41, 5.74) is 0.927. The molecule has 180 valence electrons. The molecule has 0 spiro atoms. The first-order chi connectivity index (χ1) is 16.7. The number of rotatable bonds is 5. The molecule has 1 aromatic carbocycles. The van der Waals surface area contributed by atoms with Crippen molar-refractivity contribution in [1.29, 1.82) is 0 Å². The van der Waals surface area contributed by atoms with E-state index in [1.165, 1.54) is 25.7 Å². The van der Waals surface area contributed by atoms with Gasteiger partial charge in [0.15, 0.2) is 17.3 Å². The molecule has 1 N–H and O–H groups in total. The van der Waals surface area contributed by atoms with E-state index in [1.807, 2.05) is 6.92 Å². The average Bonchev–Trinajstić information content (AvgIpc) is 3.48. The Balaban J connectivity index is 1.83. The largest absolute Gasteiger partial charge is 0.467 e. The molecule has 0 radical (unpaired) electrons. The maximum Gasteiger partial charge on any atom is 0.435 e. The number of methoxy groups -OCH3 is 1. The van der Waals surface area contributed by atoms with Crippen LogP contribution >= 0.6 is 0 Å². The third-order valence-electron chi connectivity index (χ3n) is 5.65. The Kier molecular flexibility index (Phi) is 5.37. The lowest BCUT2D eigenvalue weighted by molar-refractivity contribution is -0.141. The number of aromatic nitrogens is 5. The van der Waals surface area contributed by atoms with Crippen molar-refractivity contribution in [3.63, 3.8) is 0 Å². The molecule has 1 aliphatic rings. The van der Waals surface area contributed by atoms with Crippen molar-refractivity contribution in [2.45, 2.75) is 19.5 Å². The van der Waals surface area contributed by atoms with E-state index in [1.54, 1.807) is 0 Å². The van der Waals surface area contributed by atoms with Gasteiger partial charge in [0.2, 0.25) is 0 Å². The molecule has 3 aromatic heterocycles. The highest BCUT2D eigenvalue weighted by Gasteiger charge is 2.36. The zero-order valence-corrected chi connectivity index (χ0v) is 18.4. The van der Waals surface area contributed by atoms with Crippen LogP contribution in [0.25, 0.3) is 27.9 Å². The molecule has 35 heavy (non-hydrogen) atoms. The quantitative estimate of drug-likeness (QED) is 0.350. The summed E-state index contributed by atoms with van der Waals surface area (Å²) in [5.74, 6) is -2.21. The topological polar surface area (TPSA) is 77.8 Å². The third-order valence-corrected chi connectivity index (χ3v) is 5.65. The normalized spacial score (nSPS) is 12.4. The number of anilines is 1. The fraction of sp³-hybridized carbons (Fsp3) is 0.217. The number of pyridine rings is 1. The number of hydrogen-bond donors (Lipinski definition) is 1. The van der Waals surface area contributed by atoms with Gasteiger partial charge in [-0.2, -0.15) is 18.3 Å². The van der Waals surface area contributed by atoms with Gasteiger partial charge in [0.05, 0.1) is 18.5 Å². The lowest BCUT2D eigenvalue weighted by Gasteiger charge is -2.16. The Morgan fingerprint density at radius 3 is 2.46 bits per heavy atom. The van der Waals surface area contributed by atoms with Gasteiger partial charge in [-0.05, 0) is 18.6 Å². The second-order valence-electron chi connectivity index (χ2n) is 7.72. The highest BCUT2D eigenvalue weighted by Crippen LogP contribution is 2.47. The molecule has 0 aliphatic heterocycles. The molecule has 0 fully saturated rings. The van der Waals surface area contributed by atoms with Crippen molar-refractivity contribution in [3.05, 3.63) is 65.5 Å². The smallest absolute Gasteiger partial charge is 0.435 e. The number of nitrogens with zero attached hydrogens (tertiary/aromatic N) is 5. The first-order valence-corrected chi connectivity index (χ1v) is 10.5. The first kappa shape index (κ1) is 22.7. The van der Waals surface area contributed by atoms with Gasteiger partial charge in [-0.1, -0.05) is 0 Å². The zero-order chi connectivity index (χ0) is 24.9. The van der Waals surface area contributed by atoms with Crippen LogP contribution in [0.4, 0.5) is 27.6 Å². The molecule has 3 heterocycles. The molecule has 4 aromatic rings. The molecule has 5 rings (SSSR count). The summed E-state index contributed by atoms with van der Waals surface area (Å²) in [6.45, 7) is 2.26. The summed E-state index contributed by atoms with van der Waals surface area (Å²) in [7, 11) is 1.38. The summed E-state index contributed by atoms with van der Waals surface area (Å²) in [6, 6.07) is 1.96. The van der Waals surface area contributed by atoms with Gasteiger partial charge in [-0.3, -0.25) is 4.98 Å². The number of ether oxygens (including phenoxy) is 1. The van der Waals surface area contributed by atoms with Gasteiger partial charge in [0, 0.05) is 71.8 Å². The number of nitrogens with one attached hydrogen (secondary N) is 1. The van der Waals surface area contributed by atoms with Gasteiger partial charge in [0.25, 0.3) is 0 Å². The lowest BCUT2D eigenvalue weighted by Crippen LogP contribution is -2.09. The SMILES string of the molecule is CCNc1cc(F)c(F)c2c1Cc1ncc(-c3cnc(OC)nc3)c(-n3ccc(C(F)(F)F)n3)c1-2. The zero-order valence-electron chi connectivity index (χ0n) is 18.4. The van der Waals surface area contributed by atoms with E-state index >= 15 is 4.39 Å². The van der Waals surface area contributed by atoms with Crippen molar-refractivity contribution < 1.29 is 26.7 Å². The molecule has 1 aliphatic carbocycles. The van der Waals surface area contributed by atoms with Crippen LogP contribution in [-0.2, 0) is 12.6 Å². The third kappa shape index (κ3) is 3.74. The monoisotopic (exact) mass is 488 g/mol. The Labute approximate surface area is 195 Å². The van der Waals surface area contributed by atoms with Crippen LogP contribution < -0.4 is 10.1 Å². The number of benzene rings is 1. The van der Waals surface area contributed by atoms with Gasteiger partial charge in [-0.25, -0.2) is 23.4 Å². The summed E-state index contributed by atoms with van der Waals surface area (Å²) in [5, 5.41) is 6.71. The van der Waals surface area contributed by atoms with Crippen LogP contribution in [0.15, 0.2) is 36.9 Å². The van der Waals surface area contributed by atoms with Crippen LogP contribution in [0.5, 0.6) is 6.01 Å². The number of hydrogen-bond acceptors (Lipinski definition) is 6. The van der Waals surface area contributed by atoms with Crippen LogP contribution in [-0.4, -0.2) is 38.4 Å². The van der Waals surface area contributed by atoms with Crippen molar-refractivity contribution in [2.24, 2.45) is 0 Å². The van der Waals surface area contributed by atoms with Crippen molar-refractivity contribution >= 4 is 5.69 Å². The molecule has 0 saturated carbocycles. The van der Waals surface area contributed by atoms with E-state index < -0.39 is 23.5 Å².